The molecular formula is C19H20BrCl2N5. The summed E-state index contributed by atoms with van der Waals surface area (Å²) < 4.78 is 3.00. The van der Waals surface area contributed by atoms with Gasteiger partial charge in [-0.15, -0.1) is 0 Å². The first-order valence-electron chi connectivity index (χ1n) is 8.78. The molecule has 1 N–H and O–H groups in total. The first-order chi connectivity index (χ1) is 13.0. The van der Waals surface area contributed by atoms with E-state index in [1.807, 2.05) is 36.7 Å². The lowest BCUT2D eigenvalue weighted by Crippen LogP contribution is -2.44. The topological polar surface area (TPSA) is 35.8 Å². The monoisotopic (exact) mass is 467 g/mol. The van der Waals surface area contributed by atoms with Gasteiger partial charge in [-0.05, 0) is 31.3 Å². The zero-order chi connectivity index (χ0) is 19.0. The van der Waals surface area contributed by atoms with E-state index in [0.717, 1.165) is 59.9 Å². The fourth-order valence-corrected chi connectivity index (χ4v) is 4.22. The van der Waals surface area contributed by atoms with Gasteiger partial charge in [-0.2, -0.15) is 0 Å². The lowest BCUT2D eigenvalue weighted by molar-refractivity contribution is 0.146. The molecule has 5 nitrogen and oxygen atoms in total. The van der Waals surface area contributed by atoms with Gasteiger partial charge in [0.05, 0.1) is 28.3 Å². The van der Waals surface area contributed by atoms with Crippen molar-refractivity contribution in [2.75, 3.05) is 38.5 Å². The van der Waals surface area contributed by atoms with Crippen LogP contribution in [0.5, 0.6) is 0 Å². The number of hydrogen-bond donors (Lipinski definition) is 1. The summed E-state index contributed by atoms with van der Waals surface area (Å²) in [5.41, 5.74) is 3.48. The molecule has 0 atom stereocenters. The third-order valence-corrected chi connectivity index (χ3v) is 6.06. The Morgan fingerprint density at radius 2 is 1.89 bits per heavy atom. The molecule has 3 heterocycles. The lowest BCUT2D eigenvalue weighted by Gasteiger charge is -2.32. The SMILES string of the molecule is CN1CCN(Cc2cnc3c(Cl)c(Nc4ccc(Br)cc4Cl)ccn23)CC1. The van der Waals surface area contributed by atoms with Gasteiger partial charge in [0, 0.05) is 43.4 Å². The Morgan fingerprint density at radius 1 is 1.11 bits per heavy atom. The number of benzene rings is 1. The molecule has 0 radical (unpaired) electrons. The molecule has 4 rings (SSSR count). The van der Waals surface area contributed by atoms with Crippen LogP contribution in [-0.4, -0.2) is 52.4 Å². The highest BCUT2D eigenvalue weighted by molar-refractivity contribution is 9.10. The normalized spacial score (nSPS) is 16.1. The van der Waals surface area contributed by atoms with Gasteiger partial charge in [-0.1, -0.05) is 39.1 Å². The molecule has 142 valence electrons. The predicted octanol–water partition coefficient (Wildman–Crippen LogP) is 4.89. The maximum Gasteiger partial charge on any atom is 0.157 e. The molecule has 0 amide bonds. The second-order valence-corrected chi connectivity index (χ2v) is 8.52. The number of likely N-dealkylation sites (N-methyl/N-ethyl adjacent to an activating group) is 1. The third kappa shape index (κ3) is 4.10. The third-order valence-electron chi connectivity index (χ3n) is 4.88. The van der Waals surface area contributed by atoms with Crippen LogP contribution >= 0.6 is 39.1 Å². The summed E-state index contributed by atoms with van der Waals surface area (Å²) in [6.07, 6.45) is 3.92. The van der Waals surface area contributed by atoms with Gasteiger partial charge < -0.3 is 14.6 Å². The Bertz CT molecular complexity index is 966. The van der Waals surface area contributed by atoms with Crippen molar-refractivity contribution in [2.45, 2.75) is 6.54 Å². The Hall–Kier alpha value is -1.31. The van der Waals surface area contributed by atoms with E-state index in [1.54, 1.807) is 0 Å². The number of fused-ring (bicyclic) bond motifs is 1. The summed E-state index contributed by atoms with van der Waals surface area (Å²) in [4.78, 5) is 9.35. The van der Waals surface area contributed by atoms with Crippen molar-refractivity contribution in [3.63, 3.8) is 0 Å². The van der Waals surface area contributed by atoms with Gasteiger partial charge >= 0.3 is 0 Å². The summed E-state index contributed by atoms with van der Waals surface area (Å²) >= 11 is 16.4. The summed E-state index contributed by atoms with van der Waals surface area (Å²) in [5, 5.41) is 4.51. The minimum absolute atomic E-state index is 0.584. The first kappa shape index (κ1) is 19.0. The number of hydrogen-bond acceptors (Lipinski definition) is 4. The Labute approximate surface area is 177 Å². The zero-order valence-corrected chi connectivity index (χ0v) is 18.0. The summed E-state index contributed by atoms with van der Waals surface area (Å²) in [6, 6.07) is 7.66. The number of nitrogens with zero attached hydrogens (tertiary/aromatic N) is 4. The van der Waals surface area contributed by atoms with Gasteiger partial charge in [0.1, 0.15) is 5.02 Å². The van der Waals surface area contributed by atoms with E-state index in [2.05, 4.69) is 47.5 Å². The van der Waals surface area contributed by atoms with Crippen LogP contribution in [0.15, 0.2) is 41.1 Å². The van der Waals surface area contributed by atoms with Gasteiger partial charge in [-0.3, -0.25) is 4.90 Å². The molecule has 0 spiro atoms. The van der Waals surface area contributed by atoms with Crippen molar-refractivity contribution in [3.05, 3.63) is 56.9 Å². The molecule has 1 aromatic carbocycles. The molecule has 2 aromatic heterocycles. The molecule has 1 saturated heterocycles. The molecular weight excluding hydrogens is 449 g/mol. The van der Waals surface area contributed by atoms with Crippen LogP contribution in [-0.2, 0) is 6.54 Å². The van der Waals surface area contributed by atoms with Crippen LogP contribution in [0.3, 0.4) is 0 Å². The van der Waals surface area contributed by atoms with Gasteiger partial charge in [-0.25, -0.2) is 4.98 Å². The average Bonchev–Trinajstić information content (AvgIpc) is 3.05. The Kier molecular flexibility index (Phi) is 5.62. The fourth-order valence-electron chi connectivity index (χ4n) is 3.25. The van der Waals surface area contributed by atoms with Crippen molar-refractivity contribution in [3.8, 4) is 0 Å². The Morgan fingerprint density at radius 3 is 2.63 bits per heavy atom. The molecule has 1 aliphatic heterocycles. The van der Waals surface area contributed by atoms with Crippen molar-refractivity contribution < 1.29 is 0 Å². The predicted molar refractivity (Wildman–Crippen MR) is 115 cm³/mol. The number of nitrogens with one attached hydrogen (secondary N) is 1. The largest absolute Gasteiger partial charge is 0.353 e. The molecule has 3 aromatic rings. The zero-order valence-electron chi connectivity index (χ0n) is 14.9. The molecule has 1 fully saturated rings. The number of halogens is 3. The van der Waals surface area contributed by atoms with Crippen LogP contribution in [0.2, 0.25) is 10.0 Å². The minimum atomic E-state index is 0.584. The van der Waals surface area contributed by atoms with E-state index in [4.69, 9.17) is 23.2 Å². The quantitative estimate of drug-likeness (QED) is 0.591. The van der Waals surface area contributed by atoms with Crippen molar-refractivity contribution in [1.29, 1.82) is 0 Å². The van der Waals surface area contributed by atoms with Crippen molar-refractivity contribution in [2.24, 2.45) is 0 Å². The standard InChI is InChI=1S/C19H20BrCl2N5/c1-25-6-8-26(9-7-25)12-14-11-23-19-18(22)17(4-5-27(14)19)24-16-3-2-13(20)10-15(16)21/h2-5,10-11,24H,6-9,12H2,1H3. The van der Waals surface area contributed by atoms with Crippen LogP contribution in [0, 0.1) is 0 Å². The van der Waals surface area contributed by atoms with E-state index in [9.17, 15) is 0 Å². The van der Waals surface area contributed by atoms with E-state index in [1.165, 1.54) is 0 Å². The molecule has 27 heavy (non-hydrogen) atoms. The number of imidazole rings is 1. The molecule has 1 aliphatic rings. The molecule has 0 aliphatic carbocycles. The molecule has 0 saturated carbocycles. The van der Waals surface area contributed by atoms with Crippen LogP contribution in [0.4, 0.5) is 11.4 Å². The highest BCUT2D eigenvalue weighted by Crippen LogP contribution is 2.33. The van der Waals surface area contributed by atoms with Gasteiger partial charge in [0.25, 0.3) is 0 Å². The van der Waals surface area contributed by atoms with Crippen LogP contribution < -0.4 is 5.32 Å². The minimum Gasteiger partial charge on any atom is -0.353 e. The van der Waals surface area contributed by atoms with E-state index in [-0.39, 0.29) is 0 Å². The van der Waals surface area contributed by atoms with Gasteiger partial charge in [0.2, 0.25) is 0 Å². The summed E-state index contributed by atoms with van der Waals surface area (Å²) in [6.45, 7) is 5.20. The van der Waals surface area contributed by atoms with Crippen LogP contribution in [0.25, 0.3) is 5.65 Å². The number of anilines is 2. The average molecular weight is 469 g/mol. The smallest absolute Gasteiger partial charge is 0.157 e. The van der Waals surface area contributed by atoms with Crippen LogP contribution in [0.1, 0.15) is 5.69 Å². The number of pyridine rings is 1. The number of piperazine rings is 1. The first-order valence-corrected chi connectivity index (χ1v) is 10.3. The van der Waals surface area contributed by atoms with Gasteiger partial charge in [0.15, 0.2) is 5.65 Å². The maximum atomic E-state index is 6.63. The highest BCUT2D eigenvalue weighted by Gasteiger charge is 2.17. The summed E-state index contributed by atoms with van der Waals surface area (Å²) in [7, 11) is 2.16. The second-order valence-electron chi connectivity index (χ2n) is 6.82. The van der Waals surface area contributed by atoms with E-state index < -0.39 is 0 Å². The molecule has 0 bridgehead atoms. The summed E-state index contributed by atoms with van der Waals surface area (Å²) in [5.74, 6) is 0. The highest BCUT2D eigenvalue weighted by atomic mass is 79.9. The van der Waals surface area contributed by atoms with E-state index in [0.29, 0.717) is 10.0 Å². The molecule has 0 unspecified atom stereocenters. The fraction of sp³-hybridized carbons (Fsp3) is 0.316. The van der Waals surface area contributed by atoms with Crippen molar-refractivity contribution >= 4 is 56.2 Å². The second kappa shape index (κ2) is 7.97. The van der Waals surface area contributed by atoms with E-state index >= 15 is 0 Å². The van der Waals surface area contributed by atoms with Crippen molar-refractivity contribution in [1.82, 2.24) is 19.2 Å². The number of rotatable bonds is 4. The molecule has 8 heteroatoms. The maximum absolute atomic E-state index is 6.63. The lowest BCUT2D eigenvalue weighted by atomic mass is 10.3. The number of aromatic nitrogens is 2. The Balaban J connectivity index is 1.58.